The molecule has 4 aromatic carbocycles. The van der Waals surface area contributed by atoms with Crippen molar-refractivity contribution >= 4 is 16.7 Å². The molecule has 0 spiro atoms. The normalized spacial score (nSPS) is 22.9. The van der Waals surface area contributed by atoms with Crippen LogP contribution in [0.2, 0.25) is 0 Å². The summed E-state index contributed by atoms with van der Waals surface area (Å²) in [7, 11) is 1.65. The Morgan fingerprint density at radius 2 is 1.40 bits per heavy atom. The van der Waals surface area contributed by atoms with Gasteiger partial charge in [0.25, 0.3) is 0 Å². The van der Waals surface area contributed by atoms with Crippen molar-refractivity contribution in [1.29, 1.82) is 0 Å². The topological polar surface area (TPSA) is 63.2 Å². The Kier molecular flexibility index (Phi) is 9.90. The summed E-state index contributed by atoms with van der Waals surface area (Å²) in [5, 5.41) is 2.07. The molecule has 0 bridgehead atoms. The van der Waals surface area contributed by atoms with E-state index in [-0.39, 0.29) is 24.1 Å². The van der Waals surface area contributed by atoms with Crippen LogP contribution in [0.4, 0.5) is 0 Å². The van der Waals surface area contributed by atoms with E-state index in [2.05, 4.69) is 13.8 Å². The van der Waals surface area contributed by atoms with Crippen molar-refractivity contribution < 1.29 is 28.5 Å². The van der Waals surface area contributed by atoms with Gasteiger partial charge in [0.05, 0.1) is 38.4 Å². The predicted octanol–water partition coefficient (Wildman–Crippen LogP) is 7.44. The average molecular weight is 569 g/mol. The molecule has 1 aliphatic rings. The lowest BCUT2D eigenvalue weighted by atomic mass is 9.88. The second-order valence-electron chi connectivity index (χ2n) is 11.0. The SMILES string of the molecule is CC[C@H]1OC(OC(=O)[C@@H](C)c2ccc3cc(OC)ccc3c2)[C@H](OCc2ccccc2)[C@@H](OCc2ccccc2)[C@@H]1C. The average Bonchev–Trinajstić information content (AvgIpc) is 3.04. The molecule has 1 fully saturated rings. The first-order valence-electron chi connectivity index (χ1n) is 14.7. The van der Waals surface area contributed by atoms with Crippen molar-refractivity contribution in [2.24, 2.45) is 5.92 Å². The molecule has 1 unspecified atom stereocenters. The molecule has 0 saturated carbocycles. The number of methoxy groups -OCH3 is 1. The maximum atomic E-state index is 13.6. The van der Waals surface area contributed by atoms with Crippen LogP contribution >= 0.6 is 0 Å². The van der Waals surface area contributed by atoms with E-state index in [1.807, 2.05) is 104 Å². The van der Waals surface area contributed by atoms with Gasteiger partial charge >= 0.3 is 5.97 Å². The fraction of sp³-hybridized carbons (Fsp3) is 0.361. The van der Waals surface area contributed by atoms with E-state index in [0.29, 0.717) is 13.2 Å². The predicted molar refractivity (Wildman–Crippen MR) is 163 cm³/mol. The van der Waals surface area contributed by atoms with Crippen LogP contribution in [0, 0.1) is 5.92 Å². The molecule has 5 rings (SSSR count). The van der Waals surface area contributed by atoms with Crippen LogP contribution in [0.15, 0.2) is 97.1 Å². The number of rotatable bonds is 11. The summed E-state index contributed by atoms with van der Waals surface area (Å²) >= 11 is 0. The number of carbonyl (C=O) groups excluding carboxylic acids is 1. The zero-order valence-corrected chi connectivity index (χ0v) is 24.8. The monoisotopic (exact) mass is 568 g/mol. The molecule has 1 saturated heterocycles. The standard InChI is InChI=1S/C36H40O6/c1-5-32-25(3)33(39-22-26-12-8-6-9-13-26)34(40-23-27-14-10-7-11-15-27)36(41-32)42-35(37)24(2)28-16-17-30-21-31(38-4)19-18-29(30)20-28/h6-21,24-25,32-34,36H,5,22-23H2,1-4H3/t24-,25+,32+,33-,34+,36?/m0/s1. The molecule has 1 heterocycles. The number of fused-ring (bicyclic) bond motifs is 1. The minimum absolute atomic E-state index is 0.0318. The maximum Gasteiger partial charge on any atom is 0.315 e. The summed E-state index contributed by atoms with van der Waals surface area (Å²) in [6.07, 6.45) is -1.24. The fourth-order valence-corrected chi connectivity index (χ4v) is 5.55. The Hall–Kier alpha value is -3.71. The summed E-state index contributed by atoms with van der Waals surface area (Å²) in [6.45, 7) is 6.83. The largest absolute Gasteiger partial charge is 0.497 e. The van der Waals surface area contributed by atoms with E-state index in [4.69, 9.17) is 23.7 Å². The highest BCUT2D eigenvalue weighted by Gasteiger charge is 2.47. The number of hydrogen-bond acceptors (Lipinski definition) is 6. The molecule has 42 heavy (non-hydrogen) atoms. The van der Waals surface area contributed by atoms with Crippen LogP contribution in [0.1, 0.15) is 49.8 Å². The molecule has 1 aliphatic heterocycles. The molecule has 4 aromatic rings. The van der Waals surface area contributed by atoms with Gasteiger partial charge in [-0.1, -0.05) is 98.8 Å². The molecule has 6 atom stereocenters. The lowest BCUT2D eigenvalue weighted by Gasteiger charge is -2.44. The van der Waals surface area contributed by atoms with Crippen molar-refractivity contribution in [3.05, 3.63) is 114 Å². The van der Waals surface area contributed by atoms with E-state index < -0.39 is 18.3 Å². The fourth-order valence-electron chi connectivity index (χ4n) is 5.55. The number of carbonyl (C=O) groups is 1. The first-order chi connectivity index (χ1) is 20.5. The van der Waals surface area contributed by atoms with Crippen LogP contribution in [0.25, 0.3) is 10.8 Å². The van der Waals surface area contributed by atoms with Gasteiger partial charge in [-0.2, -0.15) is 0 Å². The van der Waals surface area contributed by atoms with Gasteiger partial charge in [0.1, 0.15) is 11.9 Å². The molecule has 0 radical (unpaired) electrons. The molecule has 0 aromatic heterocycles. The van der Waals surface area contributed by atoms with Gasteiger partial charge in [-0.15, -0.1) is 0 Å². The number of benzene rings is 4. The summed E-state index contributed by atoms with van der Waals surface area (Å²) in [5.74, 6) is -0.0443. The minimum Gasteiger partial charge on any atom is -0.497 e. The van der Waals surface area contributed by atoms with Gasteiger partial charge in [-0.05, 0) is 52.9 Å². The second-order valence-corrected chi connectivity index (χ2v) is 11.0. The van der Waals surface area contributed by atoms with Crippen LogP contribution in [0.5, 0.6) is 5.75 Å². The van der Waals surface area contributed by atoms with Crippen LogP contribution in [0.3, 0.4) is 0 Å². The Balaban J connectivity index is 1.37. The molecule has 0 aliphatic carbocycles. The van der Waals surface area contributed by atoms with Gasteiger partial charge in [0, 0.05) is 5.92 Å². The maximum absolute atomic E-state index is 13.6. The van der Waals surface area contributed by atoms with Crippen LogP contribution < -0.4 is 4.74 Å². The lowest BCUT2D eigenvalue weighted by Crippen LogP contribution is -2.56. The third kappa shape index (κ3) is 7.01. The minimum atomic E-state index is -0.907. The number of hydrogen-bond donors (Lipinski definition) is 0. The molecular weight excluding hydrogens is 528 g/mol. The Morgan fingerprint density at radius 3 is 2.02 bits per heavy atom. The first kappa shape index (κ1) is 29.8. The van der Waals surface area contributed by atoms with Gasteiger partial charge < -0.3 is 23.7 Å². The summed E-state index contributed by atoms with van der Waals surface area (Å²) in [6, 6.07) is 31.9. The highest BCUT2D eigenvalue weighted by atomic mass is 16.7. The molecule has 6 heteroatoms. The Bertz CT molecular complexity index is 1440. The van der Waals surface area contributed by atoms with Gasteiger partial charge in [0.2, 0.25) is 6.29 Å². The van der Waals surface area contributed by atoms with Crippen molar-refractivity contribution in [1.82, 2.24) is 0 Å². The summed E-state index contributed by atoms with van der Waals surface area (Å²) in [4.78, 5) is 13.6. The zero-order chi connectivity index (χ0) is 29.5. The molecule has 0 amide bonds. The second kappa shape index (κ2) is 14.0. The van der Waals surface area contributed by atoms with Crippen molar-refractivity contribution in [3.8, 4) is 5.75 Å². The van der Waals surface area contributed by atoms with E-state index in [1.165, 1.54) is 0 Å². The van der Waals surface area contributed by atoms with Crippen molar-refractivity contribution in [2.75, 3.05) is 7.11 Å². The van der Waals surface area contributed by atoms with Crippen LogP contribution in [-0.2, 0) is 37.0 Å². The molecule has 220 valence electrons. The highest BCUT2D eigenvalue weighted by molar-refractivity contribution is 5.86. The summed E-state index contributed by atoms with van der Waals surface area (Å²) in [5.41, 5.74) is 2.96. The lowest BCUT2D eigenvalue weighted by molar-refractivity contribution is -0.295. The van der Waals surface area contributed by atoms with E-state index in [9.17, 15) is 4.79 Å². The summed E-state index contributed by atoms with van der Waals surface area (Å²) < 4.78 is 30.9. The quantitative estimate of drug-likeness (QED) is 0.175. The Morgan fingerprint density at radius 1 is 0.810 bits per heavy atom. The van der Waals surface area contributed by atoms with E-state index >= 15 is 0 Å². The van der Waals surface area contributed by atoms with Gasteiger partial charge in [-0.25, -0.2) is 0 Å². The van der Waals surface area contributed by atoms with E-state index in [0.717, 1.165) is 39.6 Å². The van der Waals surface area contributed by atoms with Crippen LogP contribution in [-0.4, -0.2) is 37.7 Å². The molecular formula is C36H40O6. The van der Waals surface area contributed by atoms with Gasteiger partial charge in [0.15, 0.2) is 0 Å². The zero-order valence-electron chi connectivity index (χ0n) is 24.8. The van der Waals surface area contributed by atoms with Crippen molar-refractivity contribution in [3.63, 3.8) is 0 Å². The van der Waals surface area contributed by atoms with Gasteiger partial charge in [-0.3, -0.25) is 4.79 Å². The van der Waals surface area contributed by atoms with Crippen molar-refractivity contribution in [2.45, 2.75) is 70.9 Å². The first-order valence-corrected chi connectivity index (χ1v) is 14.7. The third-order valence-electron chi connectivity index (χ3n) is 8.14. The number of esters is 1. The number of ether oxygens (including phenoxy) is 5. The Labute approximate surface area is 248 Å². The molecule has 0 N–H and O–H groups in total. The molecule has 6 nitrogen and oxygen atoms in total. The third-order valence-corrected chi connectivity index (χ3v) is 8.14. The highest BCUT2D eigenvalue weighted by Crippen LogP contribution is 2.35. The van der Waals surface area contributed by atoms with E-state index in [1.54, 1.807) is 7.11 Å². The smallest absolute Gasteiger partial charge is 0.315 e.